The van der Waals surface area contributed by atoms with E-state index in [4.69, 9.17) is 11.6 Å². The molecule has 0 saturated heterocycles. The predicted molar refractivity (Wildman–Crippen MR) is 74.5 cm³/mol. The third kappa shape index (κ3) is 4.75. The highest BCUT2D eigenvalue weighted by Crippen LogP contribution is 2.32. The molecule has 1 rings (SSSR count). The standard InChI is InChI=1S/C12H16ClN3O3/c1-8(2)15-11(17)6-7-14-10-5-3-4-9(13)12(10)16(18)19/h3-5,8,14H,6-7H2,1-2H3,(H,15,17). The minimum atomic E-state index is -0.543. The van der Waals surface area contributed by atoms with Gasteiger partial charge in [-0.1, -0.05) is 17.7 Å². The number of halogens is 1. The molecule has 0 bridgehead atoms. The number of anilines is 1. The fourth-order valence-corrected chi connectivity index (χ4v) is 1.79. The van der Waals surface area contributed by atoms with Crippen LogP contribution in [0.15, 0.2) is 18.2 Å². The van der Waals surface area contributed by atoms with Crippen LogP contribution in [0.1, 0.15) is 20.3 Å². The molecule has 0 heterocycles. The number of hydrogen-bond acceptors (Lipinski definition) is 4. The van der Waals surface area contributed by atoms with Gasteiger partial charge < -0.3 is 10.6 Å². The highest BCUT2D eigenvalue weighted by molar-refractivity contribution is 6.33. The third-order valence-corrected chi connectivity index (χ3v) is 2.59. The summed E-state index contributed by atoms with van der Waals surface area (Å²) in [5.41, 5.74) is 0.142. The third-order valence-electron chi connectivity index (χ3n) is 2.29. The van der Waals surface area contributed by atoms with Crippen LogP contribution in [0.3, 0.4) is 0 Å². The SMILES string of the molecule is CC(C)NC(=O)CCNc1cccc(Cl)c1[N+](=O)[O-]. The van der Waals surface area contributed by atoms with Gasteiger partial charge in [0.25, 0.3) is 0 Å². The van der Waals surface area contributed by atoms with Crippen molar-refractivity contribution in [2.45, 2.75) is 26.3 Å². The first-order chi connectivity index (χ1) is 8.91. The molecule has 0 radical (unpaired) electrons. The number of nitro groups is 1. The molecule has 0 aliphatic heterocycles. The summed E-state index contributed by atoms with van der Waals surface area (Å²) in [7, 11) is 0. The molecular weight excluding hydrogens is 270 g/mol. The van der Waals surface area contributed by atoms with E-state index < -0.39 is 4.92 Å². The fraction of sp³-hybridized carbons (Fsp3) is 0.417. The van der Waals surface area contributed by atoms with Crippen molar-refractivity contribution in [3.8, 4) is 0 Å². The van der Waals surface area contributed by atoms with Crippen molar-refractivity contribution < 1.29 is 9.72 Å². The Labute approximate surface area is 116 Å². The summed E-state index contributed by atoms with van der Waals surface area (Å²) in [5, 5.41) is 16.5. The Hall–Kier alpha value is -1.82. The van der Waals surface area contributed by atoms with Crippen molar-refractivity contribution >= 4 is 28.9 Å². The van der Waals surface area contributed by atoms with Crippen molar-refractivity contribution in [2.24, 2.45) is 0 Å². The normalized spacial score (nSPS) is 10.3. The van der Waals surface area contributed by atoms with Crippen LogP contribution in [0, 0.1) is 10.1 Å². The van der Waals surface area contributed by atoms with Gasteiger partial charge in [-0.3, -0.25) is 14.9 Å². The second kappa shape index (κ2) is 6.94. The molecule has 0 fully saturated rings. The second-order valence-electron chi connectivity index (χ2n) is 4.29. The highest BCUT2D eigenvalue weighted by Gasteiger charge is 2.18. The lowest BCUT2D eigenvalue weighted by Gasteiger charge is -2.10. The van der Waals surface area contributed by atoms with Crippen LogP contribution in [0.4, 0.5) is 11.4 Å². The van der Waals surface area contributed by atoms with Crippen molar-refractivity contribution in [3.05, 3.63) is 33.3 Å². The minimum Gasteiger partial charge on any atom is -0.379 e. The number of nitrogens with zero attached hydrogens (tertiary/aromatic N) is 1. The zero-order valence-electron chi connectivity index (χ0n) is 10.8. The molecule has 6 nitrogen and oxygen atoms in total. The number of carbonyl (C=O) groups excluding carboxylic acids is 1. The largest absolute Gasteiger partial charge is 0.379 e. The van der Waals surface area contributed by atoms with Crippen molar-refractivity contribution in [3.63, 3.8) is 0 Å². The van der Waals surface area contributed by atoms with Gasteiger partial charge in [0.15, 0.2) is 0 Å². The maximum absolute atomic E-state index is 11.4. The summed E-state index contributed by atoms with van der Waals surface area (Å²) in [4.78, 5) is 21.8. The molecule has 19 heavy (non-hydrogen) atoms. The Morgan fingerprint density at radius 3 is 2.74 bits per heavy atom. The smallest absolute Gasteiger partial charge is 0.310 e. The number of amides is 1. The maximum Gasteiger partial charge on any atom is 0.310 e. The lowest BCUT2D eigenvalue weighted by molar-refractivity contribution is -0.383. The van der Waals surface area contributed by atoms with Crippen LogP contribution in [0.5, 0.6) is 0 Å². The molecule has 0 unspecified atom stereocenters. The Bertz CT molecular complexity index is 477. The Kier molecular flexibility index (Phi) is 5.57. The van der Waals surface area contributed by atoms with E-state index in [-0.39, 0.29) is 29.1 Å². The molecule has 0 aromatic heterocycles. The number of nitrogens with one attached hydrogen (secondary N) is 2. The number of hydrogen-bond donors (Lipinski definition) is 2. The first-order valence-corrected chi connectivity index (χ1v) is 6.25. The van der Waals surface area contributed by atoms with Gasteiger partial charge in [-0.15, -0.1) is 0 Å². The van der Waals surface area contributed by atoms with E-state index in [9.17, 15) is 14.9 Å². The molecule has 0 aliphatic rings. The quantitative estimate of drug-likeness (QED) is 0.621. The topological polar surface area (TPSA) is 84.3 Å². The first kappa shape index (κ1) is 15.2. The number of para-hydroxylation sites is 1. The number of rotatable bonds is 6. The van der Waals surface area contributed by atoms with Gasteiger partial charge in [0.2, 0.25) is 5.91 Å². The Morgan fingerprint density at radius 2 is 2.16 bits per heavy atom. The van der Waals surface area contributed by atoms with E-state index in [0.717, 1.165) is 0 Å². The van der Waals surface area contributed by atoms with Crippen LogP contribution in [0.2, 0.25) is 5.02 Å². The molecule has 0 aliphatic carbocycles. The fourth-order valence-electron chi connectivity index (χ4n) is 1.55. The second-order valence-corrected chi connectivity index (χ2v) is 4.70. The van der Waals surface area contributed by atoms with Crippen LogP contribution in [0.25, 0.3) is 0 Å². The van der Waals surface area contributed by atoms with E-state index in [1.807, 2.05) is 13.8 Å². The van der Waals surface area contributed by atoms with Crippen molar-refractivity contribution in [2.75, 3.05) is 11.9 Å². The van der Waals surface area contributed by atoms with Crippen LogP contribution >= 0.6 is 11.6 Å². The summed E-state index contributed by atoms with van der Waals surface area (Å²) in [6.45, 7) is 4.04. The van der Waals surface area contributed by atoms with E-state index in [0.29, 0.717) is 12.2 Å². The lowest BCUT2D eigenvalue weighted by atomic mass is 10.2. The molecule has 1 aromatic rings. The minimum absolute atomic E-state index is 0.0710. The van der Waals surface area contributed by atoms with Crippen molar-refractivity contribution in [1.82, 2.24) is 5.32 Å². The predicted octanol–water partition coefficient (Wildman–Crippen LogP) is 2.57. The van der Waals surface area contributed by atoms with Gasteiger partial charge in [0, 0.05) is 19.0 Å². The van der Waals surface area contributed by atoms with Gasteiger partial charge in [-0.05, 0) is 26.0 Å². The van der Waals surface area contributed by atoms with Crippen molar-refractivity contribution in [1.29, 1.82) is 0 Å². The number of benzene rings is 1. The molecule has 0 saturated carbocycles. The first-order valence-electron chi connectivity index (χ1n) is 5.88. The van der Waals surface area contributed by atoms with Gasteiger partial charge in [0.1, 0.15) is 10.7 Å². The zero-order chi connectivity index (χ0) is 14.4. The average molecular weight is 286 g/mol. The van der Waals surface area contributed by atoms with E-state index in [1.165, 1.54) is 6.07 Å². The van der Waals surface area contributed by atoms with Crippen LogP contribution in [-0.2, 0) is 4.79 Å². The van der Waals surface area contributed by atoms with E-state index >= 15 is 0 Å². The maximum atomic E-state index is 11.4. The molecule has 0 spiro atoms. The Morgan fingerprint density at radius 1 is 1.47 bits per heavy atom. The summed E-state index contributed by atoms with van der Waals surface area (Å²) in [6, 6.07) is 4.71. The van der Waals surface area contributed by atoms with Crippen LogP contribution in [-0.4, -0.2) is 23.4 Å². The van der Waals surface area contributed by atoms with Gasteiger partial charge >= 0.3 is 5.69 Å². The summed E-state index contributed by atoms with van der Waals surface area (Å²) in [6.07, 6.45) is 0.238. The van der Waals surface area contributed by atoms with E-state index in [1.54, 1.807) is 12.1 Å². The highest BCUT2D eigenvalue weighted by atomic mass is 35.5. The summed E-state index contributed by atoms with van der Waals surface area (Å²) < 4.78 is 0. The van der Waals surface area contributed by atoms with E-state index in [2.05, 4.69) is 10.6 Å². The molecule has 1 amide bonds. The van der Waals surface area contributed by atoms with Gasteiger partial charge in [0.05, 0.1) is 4.92 Å². The number of carbonyl (C=O) groups is 1. The van der Waals surface area contributed by atoms with Gasteiger partial charge in [-0.25, -0.2) is 0 Å². The summed E-state index contributed by atoms with van der Waals surface area (Å²) in [5.74, 6) is -0.104. The zero-order valence-corrected chi connectivity index (χ0v) is 11.5. The average Bonchev–Trinajstić information content (AvgIpc) is 2.27. The molecule has 1 aromatic carbocycles. The molecular formula is C12H16ClN3O3. The van der Waals surface area contributed by atoms with Crippen LogP contribution < -0.4 is 10.6 Å². The molecule has 7 heteroatoms. The molecule has 2 N–H and O–H groups in total. The van der Waals surface area contributed by atoms with Gasteiger partial charge in [-0.2, -0.15) is 0 Å². The molecule has 104 valence electrons. The number of nitro benzene ring substituents is 1. The lowest BCUT2D eigenvalue weighted by Crippen LogP contribution is -2.31. The monoisotopic (exact) mass is 285 g/mol. The molecule has 0 atom stereocenters. The Balaban J connectivity index is 2.61. The summed E-state index contributed by atoms with van der Waals surface area (Å²) >= 11 is 5.77.